The second kappa shape index (κ2) is 7.54. The average Bonchev–Trinajstić information content (AvgIpc) is 3.03. The number of rotatable bonds is 8. The van der Waals surface area contributed by atoms with Gasteiger partial charge in [0.2, 0.25) is 0 Å². The van der Waals surface area contributed by atoms with E-state index in [9.17, 15) is 8.42 Å². The van der Waals surface area contributed by atoms with Crippen molar-refractivity contribution in [3.63, 3.8) is 0 Å². The minimum Gasteiger partial charge on any atom is -0.382 e. The fraction of sp³-hybridized carbons (Fsp3) is 0.500. The van der Waals surface area contributed by atoms with Crippen LogP contribution in [0.25, 0.3) is 11.3 Å². The largest absolute Gasteiger partial charge is 0.382 e. The van der Waals surface area contributed by atoms with Crippen LogP contribution in [0.3, 0.4) is 0 Å². The molecular formula is C14H20N2O5S2. The summed E-state index contributed by atoms with van der Waals surface area (Å²) in [4.78, 5) is 0.876. The van der Waals surface area contributed by atoms with Gasteiger partial charge in [0.25, 0.3) is 10.0 Å². The van der Waals surface area contributed by atoms with Crippen molar-refractivity contribution < 1.29 is 22.4 Å². The number of sulfonamides is 1. The molecule has 0 aliphatic heterocycles. The summed E-state index contributed by atoms with van der Waals surface area (Å²) in [5.41, 5.74) is 1.93. The third-order valence-corrected chi connectivity index (χ3v) is 6.22. The summed E-state index contributed by atoms with van der Waals surface area (Å²) < 4.78 is 42.8. The lowest BCUT2D eigenvalue weighted by molar-refractivity contribution is 0.0688. The molecule has 0 spiro atoms. The van der Waals surface area contributed by atoms with Gasteiger partial charge >= 0.3 is 0 Å². The number of hydrogen-bond donors (Lipinski definition) is 1. The van der Waals surface area contributed by atoms with Gasteiger partial charge in [-0.25, -0.2) is 8.42 Å². The van der Waals surface area contributed by atoms with Crippen molar-refractivity contribution in [3.05, 3.63) is 22.3 Å². The van der Waals surface area contributed by atoms with E-state index >= 15 is 0 Å². The number of aryl methyl sites for hydroxylation is 2. The summed E-state index contributed by atoms with van der Waals surface area (Å²) in [5.74, 6) is 0.669. The summed E-state index contributed by atoms with van der Waals surface area (Å²) in [5, 5.41) is 3.99. The minimum absolute atomic E-state index is 0.112. The van der Waals surface area contributed by atoms with Gasteiger partial charge in [-0.05, 0) is 26.8 Å². The molecule has 0 fully saturated rings. The molecule has 23 heavy (non-hydrogen) atoms. The van der Waals surface area contributed by atoms with Crippen LogP contribution in [0.1, 0.15) is 16.2 Å². The molecular weight excluding hydrogens is 340 g/mol. The van der Waals surface area contributed by atoms with Gasteiger partial charge in [-0.3, -0.25) is 0 Å². The Morgan fingerprint density at radius 2 is 2.04 bits per heavy atom. The Balaban J connectivity index is 2.24. The number of nitrogens with zero attached hydrogens (tertiary/aromatic N) is 1. The van der Waals surface area contributed by atoms with Crippen molar-refractivity contribution in [1.29, 1.82) is 0 Å². The Morgan fingerprint density at radius 3 is 2.65 bits per heavy atom. The van der Waals surface area contributed by atoms with E-state index in [-0.39, 0.29) is 10.9 Å². The molecule has 0 aromatic carbocycles. The molecule has 2 aromatic rings. The van der Waals surface area contributed by atoms with Gasteiger partial charge in [0.05, 0.1) is 13.2 Å². The molecule has 0 amide bonds. The average molecular weight is 360 g/mol. The summed E-state index contributed by atoms with van der Waals surface area (Å²) in [6.07, 6.45) is 0. The quantitative estimate of drug-likeness (QED) is 0.573. The Labute approximate surface area is 139 Å². The molecule has 0 aliphatic carbocycles. The molecule has 0 aliphatic rings. The van der Waals surface area contributed by atoms with Crippen LogP contribution in [-0.2, 0) is 19.5 Å². The number of methoxy groups -OCH3 is 1. The number of nitrogens with one attached hydrogen (secondary N) is 1. The molecule has 2 heterocycles. The monoisotopic (exact) mass is 360 g/mol. The molecule has 0 saturated carbocycles. The molecule has 0 bridgehead atoms. The third-order valence-electron chi connectivity index (χ3n) is 3.26. The lowest BCUT2D eigenvalue weighted by Gasteiger charge is -2.07. The lowest BCUT2D eigenvalue weighted by Crippen LogP contribution is -2.26. The maximum Gasteiger partial charge on any atom is 0.252 e. The highest BCUT2D eigenvalue weighted by molar-refractivity contribution is 7.91. The number of aromatic nitrogens is 1. The third kappa shape index (κ3) is 4.18. The van der Waals surface area contributed by atoms with E-state index in [1.165, 1.54) is 11.3 Å². The van der Waals surface area contributed by atoms with Gasteiger partial charge < -0.3 is 14.0 Å². The first-order valence-corrected chi connectivity index (χ1v) is 9.26. The smallest absolute Gasteiger partial charge is 0.252 e. The van der Waals surface area contributed by atoms with Gasteiger partial charge in [0.1, 0.15) is 22.4 Å². The van der Waals surface area contributed by atoms with Crippen LogP contribution in [0.4, 0.5) is 0 Å². The van der Waals surface area contributed by atoms with Crippen LogP contribution in [-0.4, -0.2) is 40.6 Å². The molecule has 0 radical (unpaired) electrons. The Morgan fingerprint density at radius 1 is 1.30 bits per heavy atom. The Hall–Kier alpha value is -1.26. The van der Waals surface area contributed by atoms with Crippen molar-refractivity contribution in [1.82, 2.24) is 9.88 Å². The predicted molar refractivity (Wildman–Crippen MR) is 87.0 cm³/mol. The van der Waals surface area contributed by atoms with E-state index in [2.05, 4.69) is 9.88 Å². The molecule has 7 nitrogen and oxygen atoms in total. The first-order chi connectivity index (χ1) is 10.9. The van der Waals surface area contributed by atoms with E-state index in [0.717, 1.165) is 10.4 Å². The molecule has 2 aromatic heterocycles. The van der Waals surface area contributed by atoms with Gasteiger partial charge in [0, 0.05) is 23.1 Å². The zero-order valence-electron chi connectivity index (χ0n) is 13.5. The zero-order chi connectivity index (χ0) is 17.0. The number of hydrogen-bond acceptors (Lipinski definition) is 7. The first kappa shape index (κ1) is 18.1. The second-order valence-electron chi connectivity index (χ2n) is 4.96. The standard InChI is InChI=1S/C14H20N2O5S2/c1-9-7-12(13-10(2)11(3)21-16-13)14(22-9)23(17,18)15-8-20-6-5-19-4/h7,15H,5-6,8H2,1-4H3. The van der Waals surface area contributed by atoms with E-state index in [1.54, 1.807) is 20.1 Å². The molecule has 128 valence electrons. The Kier molecular flexibility index (Phi) is 5.93. The summed E-state index contributed by atoms with van der Waals surface area (Å²) in [6.45, 7) is 6.11. The fourth-order valence-electron chi connectivity index (χ4n) is 1.93. The molecule has 0 atom stereocenters. The van der Waals surface area contributed by atoms with Crippen LogP contribution < -0.4 is 4.72 Å². The van der Waals surface area contributed by atoms with Crippen molar-refractivity contribution in [3.8, 4) is 11.3 Å². The summed E-state index contributed by atoms with van der Waals surface area (Å²) in [7, 11) is -2.14. The SMILES string of the molecule is COCCOCNS(=O)(=O)c1sc(C)cc1-c1noc(C)c1C. The van der Waals surface area contributed by atoms with Crippen LogP contribution in [0, 0.1) is 20.8 Å². The summed E-state index contributed by atoms with van der Waals surface area (Å²) in [6, 6.07) is 1.80. The van der Waals surface area contributed by atoms with Crippen LogP contribution >= 0.6 is 11.3 Å². The molecule has 0 unspecified atom stereocenters. The van der Waals surface area contributed by atoms with Gasteiger partial charge in [-0.1, -0.05) is 5.16 Å². The Bertz CT molecular complexity index is 764. The van der Waals surface area contributed by atoms with Gasteiger partial charge in [0.15, 0.2) is 0 Å². The minimum atomic E-state index is -3.69. The van der Waals surface area contributed by atoms with Crippen LogP contribution in [0.2, 0.25) is 0 Å². The van der Waals surface area contributed by atoms with Crippen LogP contribution in [0.5, 0.6) is 0 Å². The maximum atomic E-state index is 12.5. The highest BCUT2D eigenvalue weighted by atomic mass is 32.2. The predicted octanol–water partition coefficient (Wildman–Crippen LogP) is 2.23. The van der Waals surface area contributed by atoms with Crippen molar-refractivity contribution in [2.24, 2.45) is 0 Å². The topological polar surface area (TPSA) is 90.7 Å². The van der Waals surface area contributed by atoms with E-state index in [0.29, 0.717) is 30.2 Å². The highest BCUT2D eigenvalue weighted by Crippen LogP contribution is 2.36. The molecule has 1 N–H and O–H groups in total. The second-order valence-corrected chi connectivity index (χ2v) is 8.18. The lowest BCUT2D eigenvalue weighted by atomic mass is 10.1. The first-order valence-electron chi connectivity index (χ1n) is 6.97. The van der Waals surface area contributed by atoms with E-state index in [4.69, 9.17) is 14.0 Å². The van der Waals surface area contributed by atoms with Crippen LogP contribution in [0.15, 0.2) is 14.8 Å². The van der Waals surface area contributed by atoms with Crippen molar-refractivity contribution in [2.75, 3.05) is 27.1 Å². The van der Waals surface area contributed by atoms with Gasteiger partial charge in [-0.15, -0.1) is 11.3 Å². The number of thiophene rings is 1. The van der Waals surface area contributed by atoms with Gasteiger partial charge in [-0.2, -0.15) is 4.72 Å². The number of ether oxygens (including phenoxy) is 2. The fourth-order valence-corrected chi connectivity index (χ4v) is 4.49. The molecule has 0 saturated heterocycles. The van der Waals surface area contributed by atoms with Crippen molar-refractivity contribution >= 4 is 21.4 Å². The highest BCUT2D eigenvalue weighted by Gasteiger charge is 2.25. The zero-order valence-corrected chi connectivity index (χ0v) is 15.1. The van der Waals surface area contributed by atoms with E-state index < -0.39 is 10.0 Å². The normalized spacial score (nSPS) is 12.0. The molecule has 2 rings (SSSR count). The van der Waals surface area contributed by atoms with Crippen molar-refractivity contribution in [2.45, 2.75) is 25.0 Å². The summed E-state index contributed by atoms with van der Waals surface area (Å²) >= 11 is 1.19. The van der Waals surface area contributed by atoms with E-state index in [1.807, 2.05) is 13.8 Å². The maximum absolute atomic E-state index is 12.5. The molecule has 9 heteroatoms.